The van der Waals surface area contributed by atoms with Crippen LogP contribution in [0.1, 0.15) is 11.1 Å². The minimum absolute atomic E-state index is 0.0882. The molecule has 0 aliphatic heterocycles. The van der Waals surface area contributed by atoms with E-state index in [2.05, 4.69) is 15.3 Å². The van der Waals surface area contributed by atoms with Gasteiger partial charge in [-0.25, -0.2) is 9.97 Å². The Balaban J connectivity index is 2.31. The third-order valence-corrected chi connectivity index (χ3v) is 2.84. The lowest BCUT2D eigenvalue weighted by Gasteiger charge is -2.12. The Hall–Kier alpha value is -2.14. The summed E-state index contributed by atoms with van der Waals surface area (Å²) in [7, 11) is 1.80. The maximum absolute atomic E-state index is 9.06. The van der Waals surface area contributed by atoms with Gasteiger partial charge in [0.1, 0.15) is 17.9 Å². The summed E-state index contributed by atoms with van der Waals surface area (Å²) in [4.78, 5) is 8.26. The van der Waals surface area contributed by atoms with Crippen molar-refractivity contribution in [1.82, 2.24) is 9.97 Å². The van der Waals surface area contributed by atoms with Crippen LogP contribution in [-0.4, -0.2) is 28.7 Å². The molecule has 2 rings (SSSR count). The molecule has 1 aromatic carbocycles. The van der Waals surface area contributed by atoms with Gasteiger partial charge in [-0.15, -0.1) is 0 Å². The number of aromatic nitrogens is 2. The zero-order chi connectivity index (χ0) is 13.7. The molecule has 0 unspecified atom stereocenters. The van der Waals surface area contributed by atoms with Crippen molar-refractivity contribution >= 4 is 5.82 Å². The molecule has 5 nitrogen and oxygen atoms in total. The van der Waals surface area contributed by atoms with Crippen LogP contribution in [0.25, 0.3) is 0 Å². The highest BCUT2D eigenvalue weighted by Gasteiger charge is 2.10. The molecule has 2 N–H and O–H groups in total. The highest BCUT2D eigenvalue weighted by molar-refractivity contribution is 5.48. The number of para-hydroxylation sites is 1. The standard InChI is InChI=1S/C14H17N3O2/c1-10-13(15-2)16-9-17-14(10)19-12-6-4-3-5-11(12)7-8-18/h3-6,9,18H,7-8H2,1-2H3,(H,15,16,17). The maximum Gasteiger partial charge on any atom is 0.227 e. The average molecular weight is 259 g/mol. The molecule has 0 aliphatic carbocycles. The van der Waals surface area contributed by atoms with Gasteiger partial charge in [0.05, 0.1) is 5.56 Å². The summed E-state index contributed by atoms with van der Waals surface area (Å²) >= 11 is 0. The molecule has 2 aromatic rings. The topological polar surface area (TPSA) is 67.3 Å². The Bertz CT molecular complexity index is 558. The second-order valence-corrected chi connectivity index (χ2v) is 4.09. The highest BCUT2D eigenvalue weighted by Crippen LogP contribution is 2.28. The van der Waals surface area contributed by atoms with Crippen LogP contribution in [0.5, 0.6) is 11.6 Å². The second kappa shape index (κ2) is 6.15. The van der Waals surface area contributed by atoms with Gasteiger partial charge >= 0.3 is 0 Å². The van der Waals surface area contributed by atoms with E-state index in [1.54, 1.807) is 7.05 Å². The van der Waals surface area contributed by atoms with E-state index < -0.39 is 0 Å². The Morgan fingerprint density at radius 3 is 2.79 bits per heavy atom. The van der Waals surface area contributed by atoms with Gasteiger partial charge in [-0.3, -0.25) is 0 Å². The number of hydrogen-bond acceptors (Lipinski definition) is 5. The van der Waals surface area contributed by atoms with Crippen molar-refractivity contribution in [3.8, 4) is 11.6 Å². The zero-order valence-corrected chi connectivity index (χ0v) is 11.1. The van der Waals surface area contributed by atoms with E-state index in [4.69, 9.17) is 9.84 Å². The molecular weight excluding hydrogens is 242 g/mol. The first-order valence-electron chi connectivity index (χ1n) is 6.12. The van der Waals surface area contributed by atoms with Gasteiger partial charge < -0.3 is 15.2 Å². The van der Waals surface area contributed by atoms with Crippen molar-refractivity contribution in [3.05, 3.63) is 41.7 Å². The average Bonchev–Trinajstić information content (AvgIpc) is 2.43. The van der Waals surface area contributed by atoms with Crippen LogP contribution >= 0.6 is 0 Å². The number of ether oxygens (including phenoxy) is 1. The molecule has 0 fully saturated rings. The fourth-order valence-electron chi connectivity index (χ4n) is 1.82. The van der Waals surface area contributed by atoms with E-state index in [1.165, 1.54) is 6.33 Å². The van der Waals surface area contributed by atoms with E-state index in [-0.39, 0.29) is 6.61 Å². The zero-order valence-electron chi connectivity index (χ0n) is 11.1. The summed E-state index contributed by atoms with van der Waals surface area (Å²) in [5.74, 6) is 1.97. The molecule has 1 aromatic heterocycles. The number of aliphatic hydroxyl groups excluding tert-OH is 1. The van der Waals surface area contributed by atoms with Crippen molar-refractivity contribution in [2.45, 2.75) is 13.3 Å². The van der Waals surface area contributed by atoms with Gasteiger partial charge in [0.15, 0.2) is 0 Å². The predicted octanol–water partition coefficient (Wildman–Crippen LogP) is 2.15. The van der Waals surface area contributed by atoms with Crippen molar-refractivity contribution in [2.24, 2.45) is 0 Å². The number of anilines is 1. The molecule has 0 saturated carbocycles. The lowest BCUT2D eigenvalue weighted by atomic mass is 10.1. The normalized spacial score (nSPS) is 10.3. The van der Waals surface area contributed by atoms with Crippen LogP contribution in [0.2, 0.25) is 0 Å². The molecular formula is C14H17N3O2. The number of rotatable bonds is 5. The van der Waals surface area contributed by atoms with Crippen LogP contribution in [0, 0.1) is 6.92 Å². The molecule has 5 heteroatoms. The van der Waals surface area contributed by atoms with Gasteiger partial charge in [-0.2, -0.15) is 0 Å². The summed E-state index contributed by atoms with van der Waals surface area (Å²) in [6.07, 6.45) is 2.02. The van der Waals surface area contributed by atoms with Crippen molar-refractivity contribution in [2.75, 3.05) is 19.0 Å². The van der Waals surface area contributed by atoms with Gasteiger partial charge in [0.25, 0.3) is 0 Å². The Morgan fingerprint density at radius 2 is 2.05 bits per heavy atom. The van der Waals surface area contributed by atoms with Gasteiger partial charge in [-0.1, -0.05) is 18.2 Å². The summed E-state index contributed by atoms with van der Waals surface area (Å²) in [6.45, 7) is 1.99. The molecule has 0 spiro atoms. The van der Waals surface area contributed by atoms with Crippen molar-refractivity contribution in [3.63, 3.8) is 0 Å². The van der Waals surface area contributed by atoms with Gasteiger partial charge in [0, 0.05) is 13.7 Å². The summed E-state index contributed by atoms with van der Waals surface area (Å²) in [5.41, 5.74) is 1.80. The third kappa shape index (κ3) is 3.00. The lowest BCUT2D eigenvalue weighted by molar-refractivity contribution is 0.297. The Labute approximate surface area is 112 Å². The smallest absolute Gasteiger partial charge is 0.227 e. The van der Waals surface area contributed by atoms with Crippen LogP contribution in [0.3, 0.4) is 0 Å². The van der Waals surface area contributed by atoms with E-state index in [1.807, 2.05) is 31.2 Å². The number of nitrogens with one attached hydrogen (secondary N) is 1. The van der Waals surface area contributed by atoms with E-state index in [9.17, 15) is 0 Å². The molecule has 100 valence electrons. The number of benzene rings is 1. The first-order valence-corrected chi connectivity index (χ1v) is 6.12. The highest BCUT2D eigenvalue weighted by atomic mass is 16.5. The molecule has 0 bridgehead atoms. The van der Waals surface area contributed by atoms with Crippen LogP contribution in [0.4, 0.5) is 5.82 Å². The summed E-state index contributed by atoms with van der Waals surface area (Å²) in [5, 5.41) is 12.0. The lowest BCUT2D eigenvalue weighted by Crippen LogP contribution is -2.01. The summed E-state index contributed by atoms with van der Waals surface area (Å²) in [6, 6.07) is 7.61. The van der Waals surface area contributed by atoms with Crippen molar-refractivity contribution < 1.29 is 9.84 Å². The fraction of sp³-hybridized carbons (Fsp3) is 0.286. The molecule has 19 heavy (non-hydrogen) atoms. The van der Waals surface area contributed by atoms with Crippen LogP contribution in [0.15, 0.2) is 30.6 Å². The monoisotopic (exact) mass is 259 g/mol. The fourth-order valence-corrected chi connectivity index (χ4v) is 1.82. The maximum atomic E-state index is 9.06. The van der Waals surface area contributed by atoms with E-state index in [0.717, 1.165) is 16.9 Å². The molecule has 0 radical (unpaired) electrons. The van der Waals surface area contributed by atoms with Gasteiger partial charge in [0.2, 0.25) is 5.88 Å². The van der Waals surface area contributed by atoms with Crippen LogP contribution in [-0.2, 0) is 6.42 Å². The van der Waals surface area contributed by atoms with E-state index >= 15 is 0 Å². The first-order chi connectivity index (χ1) is 9.26. The molecule has 0 atom stereocenters. The molecule has 0 amide bonds. The molecule has 0 saturated heterocycles. The minimum Gasteiger partial charge on any atom is -0.438 e. The predicted molar refractivity (Wildman–Crippen MR) is 73.6 cm³/mol. The first kappa shape index (κ1) is 13.3. The number of hydrogen-bond donors (Lipinski definition) is 2. The largest absolute Gasteiger partial charge is 0.438 e. The van der Waals surface area contributed by atoms with Gasteiger partial charge in [-0.05, 0) is 25.0 Å². The minimum atomic E-state index is 0.0882. The number of aliphatic hydroxyl groups is 1. The SMILES string of the molecule is CNc1ncnc(Oc2ccccc2CCO)c1C. The van der Waals surface area contributed by atoms with Crippen LogP contribution < -0.4 is 10.1 Å². The molecule has 0 aliphatic rings. The molecule has 1 heterocycles. The quantitative estimate of drug-likeness (QED) is 0.861. The van der Waals surface area contributed by atoms with Crippen molar-refractivity contribution in [1.29, 1.82) is 0 Å². The Kier molecular flexibility index (Phi) is 4.30. The second-order valence-electron chi connectivity index (χ2n) is 4.09. The Morgan fingerprint density at radius 1 is 1.26 bits per heavy atom. The number of nitrogens with zero attached hydrogens (tertiary/aromatic N) is 2. The summed E-state index contributed by atoms with van der Waals surface area (Å²) < 4.78 is 5.83. The van der Waals surface area contributed by atoms with E-state index in [0.29, 0.717) is 18.1 Å². The third-order valence-electron chi connectivity index (χ3n) is 2.84.